The van der Waals surface area contributed by atoms with Crippen LogP contribution in [0.1, 0.15) is 18.2 Å². The molecule has 36 heavy (non-hydrogen) atoms. The lowest BCUT2D eigenvalue weighted by molar-refractivity contribution is -0.344. The molecule has 0 aliphatic carbocycles. The van der Waals surface area contributed by atoms with E-state index in [1.165, 1.54) is 30.3 Å². The van der Waals surface area contributed by atoms with Gasteiger partial charge in [-0.2, -0.15) is 40.4 Å². The summed E-state index contributed by atoms with van der Waals surface area (Å²) in [6.45, 7) is -4.31. The maximum atomic E-state index is 15.1. The molecule has 192 valence electrons. The highest BCUT2D eigenvalue weighted by atomic mass is 19.4. The summed E-state index contributed by atoms with van der Waals surface area (Å²) >= 11 is 0. The molecular weight excluding hydrogens is 512 g/mol. The van der Waals surface area contributed by atoms with Gasteiger partial charge in [-0.15, -0.1) is 0 Å². The van der Waals surface area contributed by atoms with Crippen molar-refractivity contribution >= 4 is 22.3 Å². The Labute approximate surface area is 196 Å². The van der Waals surface area contributed by atoms with E-state index in [1.54, 1.807) is 0 Å². The summed E-state index contributed by atoms with van der Waals surface area (Å²) in [7, 11) is 0. The lowest BCUT2D eigenvalue weighted by Gasteiger charge is -2.39. The molecule has 0 aliphatic rings. The van der Waals surface area contributed by atoms with Crippen LogP contribution < -0.4 is 10.1 Å². The Hall–Kier alpha value is -3.76. The number of aromatic nitrogens is 1. The molecule has 2 aromatic carbocycles. The van der Waals surface area contributed by atoms with Gasteiger partial charge in [0.15, 0.2) is 0 Å². The van der Waals surface area contributed by atoms with E-state index in [2.05, 4.69) is 15.0 Å². The standard InChI is InChI=1S/C22H13F10N3O/c1-19(25,21(27,28)29)20(26,22(30,31)32)12-3-6-16(17(9-12)36-18(23)24)34-13-5-7-15-11(8-13)2-4-14(10-33)35-15/h2-9,18,34H,1H3. The zero-order valence-corrected chi connectivity index (χ0v) is 17.8. The molecule has 0 bridgehead atoms. The number of nitrogens with zero attached hydrogens (tertiary/aromatic N) is 2. The molecule has 0 aliphatic heterocycles. The number of rotatable bonds is 6. The maximum absolute atomic E-state index is 15.1. The van der Waals surface area contributed by atoms with Gasteiger partial charge in [0.1, 0.15) is 17.5 Å². The minimum Gasteiger partial charge on any atom is -0.433 e. The number of anilines is 2. The van der Waals surface area contributed by atoms with Crippen molar-refractivity contribution in [2.24, 2.45) is 0 Å². The number of ether oxygens (including phenoxy) is 1. The van der Waals surface area contributed by atoms with E-state index < -0.39 is 54.2 Å². The topological polar surface area (TPSA) is 57.9 Å². The van der Waals surface area contributed by atoms with Gasteiger partial charge in [-0.1, -0.05) is 6.07 Å². The van der Waals surface area contributed by atoms with Gasteiger partial charge in [0.2, 0.25) is 5.67 Å². The Morgan fingerprint density at radius 3 is 2.11 bits per heavy atom. The number of pyridine rings is 1. The molecular formula is C22H13F10N3O. The van der Waals surface area contributed by atoms with Crippen molar-refractivity contribution in [2.75, 3.05) is 5.32 Å². The molecule has 2 atom stereocenters. The Morgan fingerprint density at radius 2 is 1.56 bits per heavy atom. The minimum absolute atomic E-state index is 0.0760. The van der Waals surface area contributed by atoms with Crippen LogP contribution in [0.3, 0.4) is 0 Å². The van der Waals surface area contributed by atoms with Gasteiger partial charge in [0.25, 0.3) is 5.67 Å². The van der Waals surface area contributed by atoms with Crippen molar-refractivity contribution in [1.29, 1.82) is 5.26 Å². The fourth-order valence-corrected chi connectivity index (χ4v) is 3.35. The third kappa shape index (κ3) is 4.69. The lowest BCUT2D eigenvalue weighted by atomic mass is 9.80. The van der Waals surface area contributed by atoms with Crippen LogP contribution in [-0.2, 0) is 5.67 Å². The highest BCUT2D eigenvalue weighted by Crippen LogP contribution is 2.58. The molecule has 0 spiro atoms. The Morgan fingerprint density at radius 1 is 0.889 bits per heavy atom. The molecule has 3 aromatic rings. The highest BCUT2D eigenvalue weighted by molar-refractivity contribution is 5.84. The Bertz CT molecular complexity index is 1310. The van der Waals surface area contributed by atoms with E-state index in [0.717, 1.165) is 0 Å². The van der Waals surface area contributed by atoms with Gasteiger partial charge in [-0.05, 0) is 49.4 Å². The van der Waals surface area contributed by atoms with Crippen molar-refractivity contribution in [1.82, 2.24) is 4.98 Å². The number of nitriles is 1. The monoisotopic (exact) mass is 525 g/mol. The zero-order valence-electron chi connectivity index (χ0n) is 17.8. The van der Waals surface area contributed by atoms with Crippen LogP contribution in [0.2, 0.25) is 0 Å². The average Bonchev–Trinajstić information content (AvgIpc) is 2.77. The molecule has 14 heteroatoms. The van der Waals surface area contributed by atoms with Crippen LogP contribution >= 0.6 is 0 Å². The van der Waals surface area contributed by atoms with Crippen LogP contribution in [0, 0.1) is 11.3 Å². The van der Waals surface area contributed by atoms with Gasteiger partial charge >= 0.3 is 19.0 Å². The molecule has 2 unspecified atom stereocenters. The summed E-state index contributed by atoms with van der Waals surface area (Å²) in [5.74, 6) is -1.18. The molecule has 0 fully saturated rings. The second kappa shape index (κ2) is 9.03. The van der Waals surface area contributed by atoms with Crippen LogP contribution in [0.25, 0.3) is 10.9 Å². The fourth-order valence-electron chi connectivity index (χ4n) is 3.35. The molecule has 0 amide bonds. The molecule has 1 heterocycles. The number of hydrogen-bond acceptors (Lipinski definition) is 4. The summed E-state index contributed by atoms with van der Waals surface area (Å²) in [5, 5.41) is 11.9. The molecule has 1 aromatic heterocycles. The van der Waals surface area contributed by atoms with Crippen molar-refractivity contribution < 1.29 is 48.6 Å². The first kappa shape index (κ1) is 26.8. The number of alkyl halides is 10. The van der Waals surface area contributed by atoms with Gasteiger partial charge in [-0.25, -0.2) is 13.8 Å². The number of benzene rings is 2. The van der Waals surface area contributed by atoms with E-state index in [1.807, 2.05) is 6.07 Å². The summed E-state index contributed by atoms with van der Waals surface area (Å²) in [5.41, 5.74) is -13.0. The lowest BCUT2D eigenvalue weighted by Crippen LogP contribution is -2.60. The normalized spacial score (nSPS) is 15.8. The van der Waals surface area contributed by atoms with Crippen molar-refractivity contribution in [3.05, 3.63) is 59.8 Å². The second-order valence-corrected chi connectivity index (χ2v) is 7.59. The maximum Gasteiger partial charge on any atom is 0.430 e. The number of hydrogen-bond donors (Lipinski definition) is 1. The molecule has 1 N–H and O–H groups in total. The summed E-state index contributed by atoms with van der Waals surface area (Å²) < 4.78 is 139. The predicted molar refractivity (Wildman–Crippen MR) is 107 cm³/mol. The van der Waals surface area contributed by atoms with E-state index in [-0.39, 0.29) is 23.5 Å². The summed E-state index contributed by atoms with van der Waals surface area (Å²) in [4.78, 5) is 4.01. The van der Waals surface area contributed by atoms with Crippen molar-refractivity contribution in [2.45, 2.75) is 37.2 Å². The first-order chi connectivity index (χ1) is 16.5. The first-order valence-electron chi connectivity index (χ1n) is 9.70. The fraction of sp³-hybridized carbons (Fsp3) is 0.273. The quantitative estimate of drug-likeness (QED) is 0.340. The van der Waals surface area contributed by atoms with Crippen molar-refractivity contribution in [3.8, 4) is 11.8 Å². The predicted octanol–water partition coefficient (Wildman–Crippen LogP) is 7.47. The van der Waals surface area contributed by atoms with Crippen molar-refractivity contribution in [3.63, 3.8) is 0 Å². The largest absolute Gasteiger partial charge is 0.433 e. The summed E-state index contributed by atoms with van der Waals surface area (Å²) in [6.07, 6.45) is -12.8. The Kier molecular flexibility index (Phi) is 6.73. The third-order valence-corrected chi connectivity index (χ3v) is 5.25. The van der Waals surface area contributed by atoms with Crippen LogP contribution in [0.5, 0.6) is 5.75 Å². The zero-order chi connectivity index (χ0) is 27.1. The third-order valence-electron chi connectivity index (χ3n) is 5.25. The molecule has 3 rings (SSSR count). The number of halogens is 10. The van der Waals surface area contributed by atoms with Crippen LogP contribution in [-0.4, -0.2) is 29.6 Å². The highest BCUT2D eigenvalue weighted by Gasteiger charge is 2.77. The van der Waals surface area contributed by atoms with E-state index in [0.29, 0.717) is 17.0 Å². The van der Waals surface area contributed by atoms with E-state index in [9.17, 15) is 39.5 Å². The average molecular weight is 525 g/mol. The number of fused-ring (bicyclic) bond motifs is 1. The van der Waals surface area contributed by atoms with Gasteiger partial charge in [0.05, 0.1) is 11.2 Å². The van der Waals surface area contributed by atoms with Gasteiger partial charge in [-0.3, -0.25) is 0 Å². The smallest absolute Gasteiger partial charge is 0.430 e. The molecule has 0 saturated carbocycles. The SMILES string of the molecule is CC(F)(C(F)(F)F)C(F)(c1ccc(Nc2ccc3nc(C#N)ccc3c2)c(OC(F)F)c1)C(F)(F)F. The first-order valence-corrected chi connectivity index (χ1v) is 9.70. The van der Waals surface area contributed by atoms with E-state index >= 15 is 4.39 Å². The van der Waals surface area contributed by atoms with E-state index in [4.69, 9.17) is 5.26 Å². The summed E-state index contributed by atoms with van der Waals surface area (Å²) in [6, 6.07) is 9.49. The molecule has 0 radical (unpaired) electrons. The van der Waals surface area contributed by atoms with Crippen LogP contribution in [0.4, 0.5) is 55.3 Å². The van der Waals surface area contributed by atoms with Gasteiger partial charge in [0, 0.05) is 16.6 Å². The minimum atomic E-state index is -6.43. The van der Waals surface area contributed by atoms with Crippen LogP contribution in [0.15, 0.2) is 48.5 Å². The second-order valence-electron chi connectivity index (χ2n) is 7.59. The molecule has 0 saturated heterocycles. The number of nitrogens with one attached hydrogen (secondary N) is 1. The Balaban J connectivity index is 2.11. The molecule has 4 nitrogen and oxygen atoms in total. The van der Waals surface area contributed by atoms with Gasteiger partial charge < -0.3 is 10.1 Å².